The number of hydrogen-bond donors (Lipinski definition) is 1. The topological polar surface area (TPSA) is 80.2 Å². The second kappa shape index (κ2) is 8.24. The maximum absolute atomic E-state index is 13.6. The number of fused-ring (bicyclic) bond motifs is 1. The van der Waals surface area contributed by atoms with Crippen molar-refractivity contribution in [2.75, 3.05) is 7.11 Å². The Morgan fingerprint density at radius 3 is 2.52 bits per heavy atom. The molecule has 1 fully saturated rings. The molecule has 4 rings (SSSR count). The van der Waals surface area contributed by atoms with Gasteiger partial charge in [-0.15, -0.1) is 0 Å². The molecule has 150 valence electrons. The van der Waals surface area contributed by atoms with Crippen molar-refractivity contribution in [2.24, 2.45) is 0 Å². The molecule has 1 aromatic heterocycles. The third-order valence-corrected chi connectivity index (χ3v) is 5.88. The molecule has 1 aliphatic carbocycles. The van der Waals surface area contributed by atoms with Crippen LogP contribution >= 0.6 is 0 Å². The first-order chi connectivity index (χ1) is 14.1. The molecule has 1 N–H and O–H groups in total. The Bertz CT molecular complexity index is 1090. The average Bonchev–Trinajstić information content (AvgIpc) is 3.04. The smallest absolute Gasteiger partial charge is 0.331 e. The van der Waals surface area contributed by atoms with Gasteiger partial charge in [-0.1, -0.05) is 30.3 Å². The molecular weight excluding hydrogens is 366 g/mol. The van der Waals surface area contributed by atoms with Crippen LogP contribution in [0.25, 0.3) is 11.0 Å². The average molecular weight is 391 g/mol. The molecule has 0 amide bonds. The lowest BCUT2D eigenvalue weighted by atomic mass is 9.93. The van der Waals surface area contributed by atoms with E-state index >= 15 is 0 Å². The summed E-state index contributed by atoms with van der Waals surface area (Å²) in [6.07, 6.45) is 2.70. The number of nitriles is 1. The fourth-order valence-electron chi connectivity index (χ4n) is 4.36. The summed E-state index contributed by atoms with van der Waals surface area (Å²) in [6, 6.07) is 17.5. The number of imidazole rings is 1. The Labute approximate surface area is 169 Å². The quantitative estimate of drug-likeness (QED) is 0.721. The number of methoxy groups -OCH3 is 1. The van der Waals surface area contributed by atoms with E-state index in [0.29, 0.717) is 30.3 Å². The van der Waals surface area contributed by atoms with Gasteiger partial charge in [0.1, 0.15) is 6.23 Å². The minimum Gasteiger partial charge on any atom is -0.393 e. The van der Waals surface area contributed by atoms with Gasteiger partial charge >= 0.3 is 5.69 Å². The van der Waals surface area contributed by atoms with Crippen LogP contribution in [0.3, 0.4) is 0 Å². The second-order valence-electron chi connectivity index (χ2n) is 7.68. The van der Waals surface area contributed by atoms with E-state index in [2.05, 4.69) is 6.07 Å². The molecule has 1 heterocycles. The lowest BCUT2D eigenvalue weighted by Gasteiger charge is -2.26. The number of rotatable bonds is 5. The van der Waals surface area contributed by atoms with E-state index in [0.717, 1.165) is 23.9 Å². The highest BCUT2D eigenvalue weighted by molar-refractivity contribution is 5.78. The fraction of sp³-hybridized carbons (Fsp3) is 0.391. The summed E-state index contributed by atoms with van der Waals surface area (Å²) in [5, 5.41) is 19.2. The van der Waals surface area contributed by atoms with E-state index in [9.17, 15) is 15.2 Å². The van der Waals surface area contributed by atoms with Crippen LogP contribution in [0, 0.1) is 11.3 Å². The number of ether oxygens (including phenoxy) is 1. The molecule has 1 atom stereocenters. The van der Waals surface area contributed by atoms with Gasteiger partial charge in [0, 0.05) is 19.6 Å². The van der Waals surface area contributed by atoms with Crippen LogP contribution in [0.2, 0.25) is 0 Å². The van der Waals surface area contributed by atoms with Crippen molar-refractivity contribution in [1.82, 2.24) is 9.13 Å². The van der Waals surface area contributed by atoms with Gasteiger partial charge in [0.25, 0.3) is 0 Å². The van der Waals surface area contributed by atoms with E-state index in [1.807, 2.05) is 41.0 Å². The largest absolute Gasteiger partial charge is 0.393 e. The number of aliphatic hydroxyl groups excluding tert-OH is 1. The van der Waals surface area contributed by atoms with Gasteiger partial charge in [-0.3, -0.25) is 9.13 Å². The van der Waals surface area contributed by atoms with Gasteiger partial charge in [0.2, 0.25) is 0 Å². The molecule has 2 aromatic carbocycles. The molecule has 0 spiro atoms. The Morgan fingerprint density at radius 2 is 1.86 bits per heavy atom. The summed E-state index contributed by atoms with van der Waals surface area (Å²) >= 11 is 0. The van der Waals surface area contributed by atoms with Crippen LogP contribution in [-0.2, 0) is 11.2 Å². The molecule has 1 aliphatic rings. The fourth-order valence-corrected chi connectivity index (χ4v) is 4.36. The zero-order chi connectivity index (χ0) is 20.4. The van der Waals surface area contributed by atoms with Crippen LogP contribution in [0.1, 0.15) is 49.1 Å². The highest BCUT2D eigenvalue weighted by atomic mass is 16.5. The highest BCUT2D eigenvalue weighted by Crippen LogP contribution is 2.31. The predicted molar refractivity (Wildman–Crippen MR) is 111 cm³/mol. The van der Waals surface area contributed by atoms with Gasteiger partial charge in [-0.2, -0.15) is 5.26 Å². The van der Waals surface area contributed by atoms with Gasteiger partial charge in [0.15, 0.2) is 0 Å². The van der Waals surface area contributed by atoms with Crippen LogP contribution in [-0.4, -0.2) is 27.5 Å². The first kappa shape index (κ1) is 19.4. The summed E-state index contributed by atoms with van der Waals surface area (Å²) in [7, 11) is 1.61. The third-order valence-electron chi connectivity index (χ3n) is 5.88. The zero-order valence-corrected chi connectivity index (χ0v) is 16.5. The molecule has 0 radical (unpaired) electrons. The van der Waals surface area contributed by atoms with Gasteiger partial charge < -0.3 is 9.84 Å². The molecule has 0 aliphatic heterocycles. The van der Waals surface area contributed by atoms with Crippen LogP contribution in [0.4, 0.5) is 0 Å². The van der Waals surface area contributed by atoms with Crippen LogP contribution in [0.15, 0.2) is 53.3 Å². The minimum atomic E-state index is -0.475. The Balaban J connectivity index is 1.84. The summed E-state index contributed by atoms with van der Waals surface area (Å²) in [5.41, 5.74) is 2.98. The van der Waals surface area contributed by atoms with Crippen molar-refractivity contribution in [3.05, 3.63) is 70.1 Å². The molecule has 0 saturated heterocycles. The molecule has 1 saturated carbocycles. The highest BCUT2D eigenvalue weighted by Gasteiger charge is 2.28. The van der Waals surface area contributed by atoms with Crippen molar-refractivity contribution >= 4 is 11.0 Å². The molecule has 6 heteroatoms. The van der Waals surface area contributed by atoms with Crippen molar-refractivity contribution in [3.63, 3.8) is 0 Å². The monoisotopic (exact) mass is 391 g/mol. The summed E-state index contributed by atoms with van der Waals surface area (Å²) in [5.74, 6) is 0. The van der Waals surface area contributed by atoms with Gasteiger partial charge in [0.05, 0.1) is 28.8 Å². The first-order valence-corrected chi connectivity index (χ1v) is 10.0. The molecule has 29 heavy (non-hydrogen) atoms. The molecule has 0 bridgehead atoms. The maximum Gasteiger partial charge on any atom is 0.331 e. The summed E-state index contributed by atoms with van der Waals surface area (Å²) in [4.78, 5) is 13.6. The lowest BCUT2D eigenvalue weighted by molar-refractivity contribution is 0.0437. The van der Waals surface area contributed by atoms with Crippen molar-refractivity contribution < 1.29 is 9.84 Å². The van der Waals surface area contributed by atoms with Crippen LogP contribution in [0.5, 0.6) is 0 Å². The second-order valence-corrected chi connectivity index (χ2v) is 7.68. The summed E-state index contributed by atoms with van der Waals surface area (Å²) < 4.78 is 9.25. The third kappa shape index (κ3) is 3.71. The van der Waals surface area contributed by atoms with Crippen molar-refractivity contribution in [2.45, 2.75) is 50.5 Å². The van der Waals surface area contributed by atoms with Crippen molar-refractivity contribution in [1.29, 1.82) is 5.26 Å². The molecule has 1 unspecified atom stereocenters. The molecule has 3 aromatic rings. The van der Waals surface area contributed by atoms with E-state index in [4.69, 9.17) is 4.74 Å². The van der Waals surface area contributed by atoms with Gasteiger partial charge in [-0.25, -0.2) is 4.79 Å². The van der Waals surface area contributed by atoms with Crippen molar-refractivity contribution in [3.8, 4) is 6.07 Å². The lowest BCUT2D eigenvalue weighted by Crippen LogP contribution is -2.33. The Hall–Kier alpha value is -2.88. The summed E-state index contributed by atoms with van der Waals surface area (Å²) in [6.45, 7) is 0. The number of benzene rings is 2. The standard InChI is InChI=1S/C23H25N3O3/c1-29-22(14-16-5-3-2-4-6-16)26-21-13-17(15-24)7-12-20(21)25(23(26)28)18-8-10-19(27)11-9-18/h2-7,12-13,18-19,22,27H,8-11,14H2,1H3. The first-order valence-electron chi connectivity index (χ1n) is 10.0. The van der Waals surface area contributed by atoms with E-state index in [1.165, 1.54) is 0 Å². The molecule has 6 nitrogen and oxygen atoms in total. The Morgan fingerprint density at radius 1 is 1.14 bits per heavy atom. The normalized spacial score (nSPS) is 20.4. The Kier molecular flexibility index (Phi) is 5.52. The number of hydrogen-bond acceptors (Lipinski definition) is 4. The number of aliphatic hydroxyl groups is 1. The van der Waals surface area contributed by atoms with E-state index < -0.39 is 6.23 Å². The number of nitrogens with zero attached hydrogens (tertiary/aromatic N) is 3. The van der Waals surface area contributed by atoms with Crippen LogP contribution < -0.4 is 5.69 Å². The SMILES string of the molecule is COC(Cc1ccccc1)n1c(=O)n(C2CCC(O)CC2)c2ccc(C#N)cc21. The van der Waals surface area contributed by atoms with E-state index in [-0.39, 0.29) is 17.8 Å². The van der Waals surface area contributed by atoms with E-state index in [1.54, 1.807) is 23.8 Å². The maximum atomic E-state index is 13.6. The minimum absolute atomic E-state index is 0.0387. The molecular formula is C23H25N3O3. The van der Waals surface area contributed by atoms with Gasteiger partial charge in [-0.05, 0) is 49.4 Å². The zero-order valence-electron chi connectivity index (χ0n) is 16.5. The predicted octanol–water partition coefficient (Wildman–Crippen LogP) is 3.54. The number of aromatic nitrogens is 2.